The highest BCUT2D eigenvalue weighted by atomic mass is 32.1. The topological polar surface area (TPSA) is 76.7 Å². The monoisotopic (exact) mass is 388 g/mol. The Bertz CT molecular complexity index is 860. The lowest BCUT2D eigenvalue weighted by atomic mass is 10.0. The summed E-state index contributed by atoms with van der Waals surface area (Å²) in [5.74, 6) is 0.744. The van der Waals surface area contributed by atoms with Crippen LogP contribution in [0.5, 0.6) is 11.5 Å². The molecule has 0 radical (unpaired) electrons. The third kappa shape index (κ3) is 4.24. The first-order valence-electron chi connectivity index (χ1n) is 8.99. The standard InChI is InChI=1S/C20H24N2O4S/c1-12(23)21-20-18(14-7-5-4-6-8-17(14)27-20)19(24)22-15-11-13(25-2)9-10-16(15)26-3/h9-11H,4-8H2,1-3H3,(H,21,23)(H,22,24). The summed E-state index contributed by atoms with van der Waals surface area (Å²) in [5.41, 5.74) is 2.15. The number of ether oxygens (including phenoxy) is 2. The minimum absolute atomic E-state index is 0.181. The van der Waals surface area contributed by atoms with E-state index in [2.05, 4.69) is 10.6 Å². The molecule has 27 heavy (non-hydrogen) atoms. The molecule has 1 aliphatic carbocycles. The number of aryl methyl sites for hydroxylation is 1. The van der Waals surface area contributed by atoms with E-state index in [1.54, 1.807) is 32.4 Å². The molecule has 0 fully saturated rings. The minimum atomic E-state index is -0.246. The Morgan fingerprint density at radius 2 is 1.81 bits per heavy atom. The number of benzene rings is 1. The van der Waals surface area contributed by atoms with Gasteiger partial charge in [-0.1, -0.05) is 6.42 Å². The molecule has 2 amide bonds. The second-order valence-corrected chi connectivity index (χ2v) is 7.58. The van der Waals surface area contributed by atoms with Gasteiger partial charge in [0, 0.05) is 17.9 Å². The molecule has 2 N–H and O–H groups in total. The van der Waals surface area contributed by atoms with Gasteiger partial charge in [-0.15, -0.1) is 11.3 Å². The molecule has 7 heteroatoms. The quantitative estimate of drug-likeness (QED) is 0.751. The minimum Gasteiger partial charge on any atom is -0.497 e. The van der Waals surface area contributed by atoms with Crippen LogP contribution in [0.2, 0.25) is 0 Å². The van der Waals surface area contributed by atoms with Gasteiger partial charge in [0.2, 0.25) is 5.91 Å². The van der Waals surface area contributed by atoms with Crippen LogP contribution in [-0.4, -0.2) is 26.0 Å². The van der Waals surface area contributed by atoms with Crippen LogP contribution in [0.4, 0.5) is 10.7 Å². The predicted octanol–water partition coefficient (Wildman–Crippen LogP) is 4.24. The summed E-state index contributed by atoms with van der Waals surface area (Å²) in [6.07, 6.45) is 5.11. The maximum atomic E-state index is 13.2. The maximum Gasteiger partial charge on any atom is 0.259 e. The van der Waals surface area contributed by atoms with Gasteiger partial charge in [0.25, 0.3) is 5.91 Å². The van der Waals surface area contributed by atoms with E-state index in [0.717, 1.165) is 37.7 Å². The van der Waals surface area contributed by atoms with Crippen LogP contribution in [0, 0.1) is 0 Å². The van der Waals surface area contributed by atoms with Crippen LogP contribution in [0.25, 0.3) is 0 Å². The van der Waals surface area contributed by atoms with Crippen LogP contribution < -0.4 is 20.1 Å². The molecule has 0 spiro atoms. The first-order valence-corrected chi connectivity index (χ1v) is 9.80. The highest BCUT2D eigenvalue weighted by Gasteiger charge is 2.26. The van der Waals surface area contributed by atoms with Crippen molar-refractivity contribution in [1.82, 2.24) is 0 Å². The summed E-state index contributed by atoms with van der Waals surface area (Å²) in [7, 11) is 3.12. The number of fused-ring (bicyclic) bond motifs is 1. The van der Waals surface area contributed by atoms with Gasteiger partial charge in [-0.3, -0.25) is 9.59 Å². The van der Waals surface area contributed by atoms with Gasteiger partial charge < -0.3 is 20.1 Å². The maximum absolute atomic E-state index is 13.2. The smallest absolute Gasteiger partial charge is 0.259 e. The van der Waals surface area contributed by atoms with Crippen molar-refractivity contribution in [2.24, 2.45) is 0 Å². The van der Waals surface area contributed by atoms with Crippen molar-refractivity contribution in [3.8, 4) is 11.5 Å². The van der Waals surface area contributed by atoms with Crippen molar-refractivity contribution in [1.29, 1.82) is 0 Å². The third-order valence-corrected chi connectivity index (χ3v) is 5.80. The molecule has 1 aromatic carbocycles. The average Bonchev–Trinajstić information content (AvgIpc) is 2.81. The van der Waals surface area contributed by atoms with Gasteiger partial charge >= 0.3 is 0 Å². The van der Waals surface area contributed by atoms with Crippen LogP contribution in [-0.2, 0) is 17.6 Å². The second kappa shape index (κ2) is 8.43. The zero-order valence-electron chi connectivity index (χ0n) is 15.8. The molecule has 1 aromatic heterocycles. The fourth-order valence-corrected chi connectivity index (χ4v) is 4.66. The van der Waals surface area contributed by atoms with Crippen LogP contribution in [0.15, 0.2) is 18.2 Å². The van der Waals surface area contributed by atoms with E-state index >= 15 is 0 Å². The van der Waals surface area contributed by atoms with Crippen LogP contribution in [0.3, 0.4) is 0 Å². The summed E-state index contributed by atoms with van der Waals surface area (Å²) in [6, 6.07) is 5.24. The summed E-state index contributed by atoms with van der Waals surface area (Å²) >= 11 is 1.51. The Balaban J connectivity index is 1.98. The first kappa shape index (κ1) is 19.2. The van der Waals surface area contributed by atoms with Gasteiger partial charge in [-0.05, 0) is 43.4 Å². The molecule has 6 nitrogen and oxygen atoms in total. The summed E-state index contributed by atoms with van der Waals surface area (Å²) in [5, 5.41) is 6.39. The Morgan fingerprint density at radius 3 is 2.52 bits per heavy atom. The third-order valence-electron chi connectivity index (χ3n) is 4.59. The Morgan fingerprint density at radius 1 is 1.04 bits per heavy atom. The van der Waals surface area contributed by atoms with Crippen molar-refractivity contribution in [3.05, 3.63) is 34.2 Å². The fourth-order valence-electron chi connectivity index (χ4n) is 3.33. The van der Waals surface area contributed by atoms with Gasteiger partial charge in [-0.2, -0.15) is 0 Å². The van der Waals surface area contributed by atoms with Crippen molar-refractivity contribution in [3.63, 3.8) is 0 Å². The SMILES string of the molecule is COc1ccc(OC)c(NC(=O)c2c(NC(C)=O)sc3c2CCCCC3)c1. The summed E-state index contributed by atoms with van der Waals surface area (Å²) < 4.78 is 10.6. The highest BCUT2D eigenvalue weighted by molar-refractivity contribution is 7.17. The van der Waals surface area contributed by atoms with Crippen molar-refractivity contribution >= 4 is 33.8 Å². The van der Waals surface area contributed by atoms with E-state index in [-0.39, 0.29) is 11.8 Å². The molecule has 0 saturated carbocycles. The molecule has 2 aromatic rings. The van der Waals surface area contributed by atoms with Crippen LogP contribution in [0.1, 0.15) is 47.0 Å². The Labute approximate surface area is 162 Å². The number of carbonyl (C=O) groups is 2. The molecule has 0 bridgehead atoms. The number of anilines is 2. The molecule has 0 atom stereocenters. The zero-order valence-corrected chi connectivity index (χ0v) is 16.6. The predicted molar refractivity (Wildman–Crippen MR) is 107 cm³/mol. The number of hydrogen-bond donors (Lipinski definition) is 2. The number of thiophene rings is 1. The van der Waals surface area contributed by atoms with E-state index in [9.17, 15) is 9.59 Å². The van der Waals surface area contributed by atoms with E-state index in [1.807, 2.05) is 0 Å². The van der Waals surface area contributed by atoms with E-state index in [0.29, 0.717) is 27.8 Å². The lowest BCUT2D eigenvalue weighted by Crippen LogP contribution is -2.17. The Kier molecular flexibility index (Phi) is 6.01. The molecule has 144 valence electrons. The zero-order chi connectivity index (χ0) is 19.4. The number of hydrogen-bond acceptors (Lipinski definition) is 5. The van der Waals surface area contributed by atoms with E-state index < -0.39 is 0 Å². The number of nitrogens with one attached hydrogen (secondary N) is 2. The number of amides is 2. The molecular formula is C20H24N2O4S. The second-order valence-electron chi connectivity index (χ2n) is 6.47. The van der Waals surface area contributed by atoms with Gasteiger partial charge in [0.05, 0.1) is 25.5 Å². The molecule has 0 unspecified atom stereocenters. The molecule has 0 saturated heterocycles. The van der Waals surface area contributed by atoms with Crippen LogP contribution >= 0.6 is 11.3 Å². The Hall–Kier alpha value is -2.54. The molecule has 1 heterocycles. The molecule has 0 aliphatic heterocycles. The fraction of sp³-hybridized carbons (Fsp3) is 0.400. The molecule has 3 rings (SSSR count). The molecular weight excluding hydrogens is 364 g/mol. The van der Waals surface area contributed by atoms with Crippen molar-refractivity contribution < 1.29 is 19.1 Å². The van der Waals surface area contributed by atoms with Crippen molar-refractivity contribution in [2.75, 3.05) is 24.9 Å². The summed E-state index contributed by atoms with van der Waals surface area (Å²) in [4.78, 5) is 26.0. The summed E-state index contributed by atoms with van der Waals surface area (Å²) in [6.45, 7) is 1.46. The average molecular weight is 388 g/mol. The lowest BCUT2D eigenvalue weighted by Gasteiger charge is -2.13. The van der Waals surface area contributed by atoms with Gasteiger partial charge in [0.1, 0.15) is 16.5 Å². The first-order chi connectivity index (χ1) is 13.0. The number of carbonyl (C=O) groups excluding carboxylic acids is 2. The normalized spacial score (nSPS) is 13.3. The van der Waals surface area contributed by atoms with Gasteiger partial charge in [0.15, 0.2) is 0 Å². The molecule has 1 aliphatic rings. The lowest BCUT2D eigenvalue weighted by molar-refractivity contribution is -0.114. The number of rotatable bonds is 5. The highest BCUT2D eigenvalue weighted by Crippen LogP contribution is 2.38. The van der Waals surface area contributed by atoms with Gasteiger partial charge in [-0.25, -0.2) is 0 Å². The van der Waals surface area contributed by atoms with E-state index in [1.165, 1.54) is 23.1 Å². The van der Waals surface area contributed by atoms with E-state index in [4.69, 9.17) is 9.47 Å². The number of methoxy groups -OCH3 is 2. The van der Waals surface area contributed by atoms with Crippen molar-refractivity contribution in [2.45, 2.75) is 39.0 Å². The largest absolute Gasteiger partial charge is 0.497 e.